The lowest BCUT2D eigenvalue weighted by molar-refractivity contribution is 0.794. The monoisotopic (exact) mass is 236 g/mol. The standard InChI is InChI=1S/C11H13ClN4/c1-7-11(12)8(2)16(15-7)10-5-3-4-9(6-13)14-10/h3-5H,6,13H2,1-2H3. The zero-order valence-corrected chi connectivity index (χ0v) is 9.99. The topological polar surface area (TPSA) is 56.7 Å². The molecule has 0 fully saturated rings. The lowest BCUT2D eigenvalue weighted by Crippen LogP contribution is -2.06. The van der Waals surface area contributed by atoms with E-state index in [2.05, 4.69) is 10.1 Å². The largest absolute Gasteiger partial charge is 0.325 e. The van der Waals surface area contributed by atoms with Gasteiger partial charge in [-0.05, 0) is 26.0 Å². The van der Waals surface area contributed by atoms with E-state index in [-0.39, 0.29) is 0 Å². The molecule has 0 spiro atoms. The zero-order chi connectivity index (χ0) is 11.7. The Bertz CT molecular complexity index is 519. The van der Waals surface area contributed by atoms with Crippen molar-refractivity contribution in [3.05, 3.63) is 40.3 Å². The fourth-order valence-electron chi connectivity index (χ4n) is 1.55. The molecule has 2 N–H and O–H groups in total. The summed E-state index contributed by atoms with van der Waals surface area (Å²) in [6, 6.07) is 5.68. The van der Waals surface area contributed by atoms with Crippen molar-refractivity contribution in [2.24, 2.45) is 5.73 Å². The second-order valence-corrected chi connectivity index (χ2v) is 3.97. The number of aryl methyl sites for hydroxylation is 1. The fraction of sp³-hybridized carbons (Fsp3) is 0.273. The smallest absolute Gasteiger partial charge is 0.154 e. The quantitative estimate of drug-likeness (QED) is 0.868. The number of pyridine rings is 1. The molecule has 0 aromatic carbocycles. The Morgan fingerprint density at radius 1 is 1.38 bits per heavy atom. The predicted octanol–water partition coefficient (Wildman–Crippen LogP) is 2.00. The zero-order valence-electron chi connectivity index (χ0n) is 9.24. The van der Waals surface area contributed by atoms with Crippen LogP contribution >= 0.6 is 11.6 Å². The van der Waals surface area contributed by atoms with Gasteiger partial charge in [0.2, 0.25) is 0 Å². The molecule has 0 aliphatic rings. The molecule has 0 bridgehead atoms. The number of halogens is 1. The Morgan fingerprint density at radius 2 is 2.12 bits per heavy atom. The molecule has 2 aromatic rings. The molecule has 4 nitrogen and oxygen atoms in total. The van der Waals surface area contributed by atoms with Crippen LogP contribution in [0.5, 0.6) is 0 Å². The van der Waals surface area contributed by atoms with Gasteiger partial charge in [0.15, 0.2) is 5.82 Å². The van der Waals surface area contributed by atoms with Gasteiger partial charge in [-0.2, -0.15) is 5.10 Å². The van der Waals surface area contributed by atoms with Crippen LogP contribution in [-0.2, 0) is 6.54 Å². The molecular formula is C11H13ClN4. The SMILES string of the molecule is Cc1nn(-c2cccc(CN)n2)c(C)c1Cl. The minimum atomic E-state index is 0.418. The van der Waals surface area contributed by atoms with E-state index in [1.54, 1.807) is 4.68 Å². The van der Waals surface area contributed by atoms with Crippen molar-refractivity contribution in [1.82, 2.24) is 14.8 Å². The van der Waals surface area contributed by atoms with Gasteiger partial charge in [0.1, 0.15) is 0 Å². The Morgan fingerprint density at radius 3 is 2.69 bits per heavy atom. The number of hydrogen-bond acceptors (Lipinski definition) is 3. The van der Waals surface area contributed by atoms with E-state index in [0.29, 0.717) is 11.6 Å². The molecule has 0 saturated carbocycles. The van der Waals surface area contributed by atoms with E-state index < -0.39 is 0 Å². The Kier molecular flexibility index (Phi) is 2.94. The first-order chi connectivity index (χ1) is 7.63. The number of rotatable bonds is 2. The second-order valence-electron chi connectivity index (χ2n) is 3.59. The van der Waals surface area contributed by atoms with E-state index in [9.17, 15) is 0 Å². The molecular weight excluding hydrogens is 224 g/mol. The van der Waals surface area contributed by atoms with Gasteiger partial charge >= 0.3 is 0 Å². The average Bonchev–Trinajstić information content (AvgIpc) is 2.57. The minimum Gasteiger partial charge on any atom is -0.325 e. The van der Waals surface area contributed by atoms with Gasteiger partial charge in [-0.15, -0.1) is 0 Å². The van der Waals surface area contributed by atoms with Crippen molar-refractivity contribution in [3.8, 4) is 5.82 Å². The maximum Gasteiger partial charge on any atom is 0.154 e. The van der Waals surface area contributed by atoms with Crippen LogP contribution in [0, 0.1) is 13.8 Å². The first-order valence-corrected chi connectivity index (χ1v) is 5.39. The summed E-state index contributed by atoms with van der Waals surface area (Å²) in [5.41, 5.74) is 8.08. The number of nitrogens with zero attached hydrogens (tertiary/aromatic N) is 3. The molecule has 2 aromatic heterocycles. The number of aromatic nitrogens is 3. The summed E-state index contributed by atoms with van der Waals surface area (Å²) in [5.74, 6) is 0.746. The molecule has 0 aliphatic heterocycles. The molecule has 0 amide bonds. The van der Waals surface area contributed by atoms with Crippen LogP contribution in [0.1, 0.15) is 17.1 Å². The maximum absolute atomic E-state index is 6.09. The highest BCUT2D eigenvalue weighted by Gasteiger charge is 2.11. The van der Waals surface area contributed by atoms with E-state index in [1.807, 2.05) is 32.0 Å². The molecule has 0 saturated heterocycles. The van der Waals surface area contributed by atoms with Gasteiger partial charge in [0.25, 0.3) is 0 Å². The van der Waals surface area contributed by atoms with Crippen LogP contribution in [0.25, 0.3) is 5.82 Å². The third-order valence-corrected chi connectivity index (χ3v) is 2.97. The summed E-state index contributed by atoms with van der Waals surface area (Å²) < 4.78 is 1.73. The first kappa shape index (κ1) is 11.1. The van der Waals surface area contributed by atoms with Crippen molar-refractivity contribution in [1.29, 1.82) is 0 Å². The van der Waals surface area contributed by atoms with Crippen LogP contribution in [0.4, 0.5) is 0 Å². The molecule has 0 unspecified atom stereocenters. The lowest BCUT2D eigenvalue weighted by atomic mass is 10.3. The molecule has 2 heterocycles. The van der Waals surface area contributed by atoms with Crippen LogP contribution in [0.15, 0.2) is 18.2 Å². The van der Waals surface area contributed by atoms with E-state index in [4.69, 9.17) is 17.3 Å². The van der Waals surface area contributed by atoms with Crippen LogP contribution in [-0.4, -0.2) is 14.8 Å². The molecule has 2 rings (SSSR count). The maximum atomic E-state index is 6.09. The van der Waals surface area contributed by atoms with Gasteiger partial charge in [0.05, 0.1) is 22.1 Å². The van der Waals surface area contributed by atoms with Crippen molar-refractivity contribution in [2.75, 3.05) is 0 Å². The van der Waals surface area contributed by atoms with Crippen molar-refractivity contribution >= 4 is 11.6 Å². The minimum absolute atomic E-state index is 0.418. The highest BCUT2D eigenvalue weighted by molar-refractivity contribution is 6.31. The number of hydrogen-bond donors (Lipinski definition) is 1. The fourth-order valence-corrected chi connectivity index (χ4v) is 1.66. The van der Waals surface area contributed by atoms with Crippen LogP contribution in [0.3, 0.4) is 0 Å². The van der Waals surface area contributed by atoms with Crippen molar-refractivity contribution in [3.63, 3.8) is 0 Å². The van der Waals surface area contributed by atoms with Crippen molar-refractivity contribution < 1.29 is 0 Å². The van der Waals surface area contributed by atoms with Gasteiger partial charge in [-0.1, -0.05) is 17.7 Å². The molecule has 5 heteroatoms. The Balaban J connectivity index is 2.54. The molecule has 0 aliphatic carbocycles. The van der Waals surface area contributed by atoms with Crippen LogP contribution in [0.2, 0.25) is 5.02 Å². The average molecular weight is 237 g/mol. The third kappa shape index (κ3) is 1.81. The van der Waals surface area contributed by atoms with Crippen molar-refractivity contribution in [2.45, 2.75) is 20.4 Å². The van der Waals surface area contributed by atoms with Gasteiger partial charge in [-0.3, -0.25) is 0 Å². The second kappa shape index (κ2) is 4.23. The van der Waals surface area contributed by atoms with Crippen LogP contribution < -0.4 is 5.73 Å². The molecule has 84 valence electrons. The summed E-state index contributed by atoms with van der Waals surface area (Å²) in [6.07, 6.45) is 0. The normalized spacial score (nSPS) is 10.8. The highest BCUT2D eigenvalue weighted by atomic mass is 35.5. The van der Waals surface area contributed by atoms with Gasteiger partial charge in [0, 0.05) is 6.54 Å². The van der Waals surface area contributed by atoms with E-state index >= 15 is 0 Å². The Hall–Kier alpha value is -1.39. The first-order valence-electron chi connectivity index (χ1n) is 5.01. The van der Waals surface area contributed by atoms with Gasteiger partial charge in [-0.25, -0.2) is 9.67 Å². The van der Waals surface area contributed by atoms with E-state index in [1.165, 1.54) is 0 Å². The lowest BCUT2D eigenvalue weighted by Gasteiger charge is -2.04. The number of nitrogens with two attached hydrogens (primary N) is 1. The summed E-state index contributed by atoms with van der Waals surface area (Å²) in [4.78, 5) is 4.39. The summed E-state index contributed by atoms with van der Waals surface area (Å²) >= 11 is 6.09. The highest BCUT2D eigenvalue weighted by Crippen LogP contribution is 2.21. The van der Waals surface area contributed by atoms with E-state index in [0.717, 1.165) is 22.9 Å². The van der Waals surface area contributed by atoms with Gasteiger partial charge < -0.3 is 5.73 Å². The predicted molar refractivity (Wildman–Crippen MR) is 63.7 cm³/mol. The molecule has 0 atom stereocenters. The summed E-state index contributed by atoms with van der Waals surface area (Å²) in [7, 11) is 0. The molecule has 0 radical (unpaired) electrons. The third-order valence-electron chi connectivity index (χ3n) is 2.42. The molecule has 16 heavy (non-hydrogen) atoms. The summed E-state index contributed by atoms with van der Waals surface area (Å²) in [6.45, 7) is 4.21. The Labute approximate surface area is 99.1 Å². The summed E-state index contributed by atoms with van der Waals surface area (Å²) in [5, 5.41) is 5.02.